The van der Waals surface area contributed by atoms with Gasteiger partial charge in [0, 0.05) is 43.0 Å². The van der Waals surface area contributed by atoms with Gasteiger partial charge in [-0.2, -0.15) is 0 Å². The number of hydrogen-bond acceptors (Lipinski definition) is 3. The van der Waals surface area contributed by atoms with Gasteiger partial charge in [0.2, 0.25) is 0 Å². The molecule has 52 heavy (non-hydrogen) atoms. The van der Waals surface area contributed by atoms with Gasteiger partial charge in [-0.05, 0) is 99.6 Å². The first-order valence-electron chi connectivity index (χ1n) is 17.6. The molecule has 7 aromatic carbocycles. The van der Waals surface area contributed by atoms with Gasteiger partial charge in [0.05, 0.1) is 0 Å². The molecule has 3 aliphatic rings. The summed E-state index contributed by atoms with van der Waals surface area (Å²) in [4.78, 5) is 0. The van der Waals surface area contributed by atoms with Crippen molar-refractivity contribution < 1.29 is 14.2 Å². The summed E-state index contributed by atoms with van der Waals surface area (Å²) in [7, 11) is 0.0239. The molecule has 0 aromatic heterocycles. The molecule has 6 heteroatoms. The molecule has 7 aromatic rings. The highest BCUT2D eigenvalue weighted by Crippen LogP contribution is 2.53. The van der Waals surface area contributed by atoms with Crippen molar-refractivity contribution in [2.75, 3.05) is 0 Å². The van der Waals surface area contributed by atoms with Crippen LogP contribution in [0.15, 0.2) is 127 Å². The lowest BCUT2D eigenvalue weighted by Gasteiger charge is -2.33. The summed E-state index contributed by atoms with van der Waals surface area (Å²) in [5.41, 5.74) is 9.56. The molecule has 2 atom stereocenters. The molecular weight excluding hydrogens is 693 g/mol. The first-order valence-corrected chi connectivity index (χ1v) is 20.9. The predicted molar refractivity (Wildman–Crippen MR) is 223 cm³/mol. The zero-order chi connectivity index (χ0) is 35.1. The first-order chi connectivity index (χ1) is 25.4. The van der Waals surface area contributed by atoms with Crippen LogP contribution in [0.3, 0.4) is 0 Å². The van der Waals surface area contributed by atoms with Crippen molar-refractivity contribution in [3.8, 4) is 56.8 Å². The molecule has 3 heterocycles. The van der Waals surface area contributed by atoms with Crippen molar-refractivity contribution in [1.82, 2.24) is 0 Å². The lowest BCUT2D eigenvalue weighted by atomic mass is 9.97. The molecule has 0 N–H and O–H groups in total. The monoisotopic (exact) mass is 728 g/mol. The van der Waals surface area contributed by atoms with E-state index < -0.39 is 7.92 Å². The SMILES string of the molecule is Cc1ccc2c(c1)Pc1c(ccc(C)c1-c1cccc3c1Oc1c(-c4c(C)ccc5c4Pc4cc(C)ccc4O5)cccc1P3c1ccccc1)O2. The van der Waals surface area contributed by atoms with Crippen molar-refractivity contribution in [2.24, 2.45) is 0 Å². The van der Waals surface area contributed by atoms with E-state index in [1.165, 1.54) is 70.5 Å². The van der Waals surface area contributed by atoms with Gasteiger partial charge in [0.15, 0.2) is 0 Å². The second-order valence-electron chi connectivity index (χ2n) is 13.8. The van der Waals surface area contributed by atoms with Crippen molar-refractivity contribution in [3.05, 3.63) is 150 Å². The van der Waals surface area contributed by atoms with Gasteiger partial charge in [-0.1, -0.05) is 119 Å². The van der Waals surface area contributed by atoms with Crippen LogP contribution in [0.4, 0.5) is 0 Å². The minimum atomic E-state index is -0.929. The Bertz CT molecular complexity index is 2450. The Kier molecular flexibility index (Phi) is 7.63. The van der Waals surface area contributed by atoms with Crippen LogP contribution < -0.4 is 51.3 Å². The van der Waals surface area contributed by atoms with Gasteiger partial charge in [0.1, 0.15) is 34.5 Å². The highest BCUT2D eigenvalue weighted by atomic mass is 31.1. The van der Waals surface area contributed by atoms with Crippen LogP contribution in [-0.4, -0.2) is 0 Å². The van der Waals surface area contributed by atoms with Crippen LogP contribution in [-0.2, 0) is 0 Å². The Hall–Kier alpha value is -4.77. The van der Waals surface area contributed by atoms with Gasteiger partial charge in [0.25, 0.3) is 0 Å². The third kappa shape index (κ3) is 5.14. The van der Waals surface area contributed by atoms with Crippen LogP contribution >= 0.6 is 25.1 Å². The Morgan fingerprint density at radius 2 is 0.923 bits per heavy atom. The Labute approximate surface area is 309 Å². The third-order valence-corrected chi connectivity index (χ3v) is 15.5. The van der Waals surface area contributed by atoms with Gasteiger partial charge >= 0.3 is 0 Å². The highest BCUT2D eigenvalue weighted by Gasteiger charge is 2.35. The number of ether oxygens (including phenoxy) is 3. The molecule has 0 bridgehead atoms. The number of benzene rings is 7. The summed E-state index contributed by atoms with van der Waals surface area (Å²) in [6, 6.07) is 46.1. The van der Waals surface area contributed by atoms with Crippen molar-refractivity contribution in [3.63, 3.8) is 0 Å². The second kappa shape index (κ2) is 12.4. The van der Waals surface area contributed by atoms with Crippen LogP contribution in [0.1, 0.15) is 22.3 Å². The fourth-order valence-corrected chi connectivity index (χ4v) is 13.3. The molecule has 252 valence electrons. The van der Waals surface area contributed by atoms with E-state index in [1.54, 1.807) is 0 Å². The fourth-order valence-electron chi connectivity index (χ4n) is 7.75. The van der Waals surface area contributed by atoms with E-state index >= 15 is 0 Å². The van der Waals surface area contributed by atoms with E-state index in [0.717, 1.165) is 45.6 Å². The van der Waals surface area contributed by atoms with E-state index in [2.05, 4.69) is 155 Å². The zero-order valence-electron chi connectivity index (χ0n) is 29.3. The van der Waals surface area contributed by atoms with Crippen LogP contribution in [0, 0.1) is 27.7 Å². The minimum absolute atomic E-state index is 0.477. The minimum Gasteiger partial charge on any atom is -0.456 e. The molecule has 0 saturated carbocycles. The summed E-state index contributed by atoms with van der Waals surface area (Å²) in [5.74, 6) is 5.64. The number of para-hydroxylation sites is 2. The van der Waals surface area contributed by atoms with E-state index in [9.17, 15) is 0 Å². The normalized spacial score (nSPS) is 15.6. The molecule has 0 spiro atoms. The number of rotatable bonds is 3. The highest BCUT2D eigenvalue weighted by molar-refractivity contribution is 7.80. The molecular formula is C46H35O3P3. The fraction of sp³-hybridized carbons (Fsp3) is 0.0870. The van der Waals surface area contributed by atoms with Gasteiger partial charge in [-0.3, -0.25) is 0 Å². The molecule has 0 radical (unpaired) electrons. The van der Waals surface area contributed by atoms with E-state index in [4.69, 9.17) is 14.2 Å². The predicted octanol–water partition coefficient (Wildman–Crippen LogP) is 9.59. The topological polar surface area (TPSA) is 27.7 Å². The first kappa shape index (κ1) is 31.9. The third-order valence-electron chi connectivity index (χ3n) is 10.2. The Morgan fingerprint density at radius 1 is 0.442 bits per heavy atom. The van der Waals surface area contributed by atoms with Crippen LogP contribution in [0.25, 0.3) is 22.3 Å². The average Bonchev–Trinajstić information content (AvgIpc) is 3.15. The van der Waals surface area contributed by atoms with Crippen LogP contribution in [0.2, 0.25) is 0 Å². The smallest absolute Gasteiger partial charge is 0.143 e. The zero-order valence-corrected chi connectivity index (χ0v) is 32.2. The molecule has 3 nitrogen and oxygen atoms in total. The van der Waals surface area contributed by atoms with Crippen molar-refractivity contribution in [1.29, 1.82) is 0 Å². The average molecular weight is 729 g/mol. The van der Waals surface area contributed by atoms with E-state index in [-0.39, 0.29) is 0 Å². The van der Waals surface area contributed by atoms with Gasteiger partial charge < -0.3 is 14.2 Å². The molecule has 3 aliphatic heterocycles. The summed E-state index contributed by atoms with van der Waals surface area (Å²) in [5, 5.41) is 8.73. The lowest BCUT2D eigenvalue weighted by molar-refractivity contribution is 0.487. The van der Waals surface area contributed by atoms with E-state index in [0.29, 0.717) is 17.2 Å². The Balaban J connectivity index is 1.19. The standard InChI is InChI=1S/C46H35O3P3/c1-26-16-20-33-37(24-26)50-45-35(47-33)22-18-28(3)41(45)31-12-8-14-39-43(31)49-44-32(13-9-15-40(44)52(39)30-10-6-5-7-11-30)42-29(4)19-23-36-46(42)51-38-25-27(2)17-21-34(38)48-36/h5-25,50-51H,1-4H3. The summed E-state index contributed by atoms with van der Waals surface area (Å²) < 4.78 is 20.6. The molecule has 2 unspecified atom stereocenters. The maximum atomic E-state index is 7.41. The van der Waals surface area contributed by atoms with Crippen molar-refractivity contribution >= 4 is 62.2 Å². The van der Waals surface area contributed by atoms with E-state index in [1.807, 2.05) is 0 Å². The summed E-state index contributed by atoms with van der Waals surface area (Å²) in [6.07, 6.45) is 0. The number of aryl methyl sites for hydroxylation is 4. The maximum absolute atomic E-state index is 7.41. The van der Waals surface area contributed by atoms with Crippen LogP contribution in [0.5, 0.6) is 34.5 Å². The number of fused-ring (bicyclic) bond motifs is 6. The molecule has 0 amide bonds. The van der Waals surface area contributed by atoms with Gasteiger partial charge in [-0.25, -0.2) is 0 Å². The molecule has 0 aliphatic carbocycles. The molecule has 10 rings (SSSR count). The maximum Gasteiger partial charge on any atom is 0.143 e. The number of hydrogen-bond donors (Lipinski definition) is 0. The summed E-state index contributed by atoms with van der Waals surface area (Å²) in [6.45, 7) is 8.73. The lowest BCUT2D eigenvalue weighted by Crippen LogP contribution is -2.28. The quantitative estimate of drug-likeness (QED) is 0.170. The largest absolute Gasteiger partial charge is 0.456 e. The molecule has 0 fully saturated rings. The van der Waals surface area contributed by atoms with Crippen molar-refractivity contribution in [2.45, 2.75) is 27.7 Å². The van der Waals surface area contributed by atoms with Gasteiger partial charge in [-0.15, -0.1) is 0 Å². The molecule has 0 saturated heterocycles. The summed E-state index contributed by atoms with van der Waals surface area (Å²) >= 11 is 0. The second-order valence-corrected chi connectivity index (χ2v) is 18.5. The Morgan fingerprint density at radius 3 is 1.42 bits per heavy atom.